The van der Waals surface area contributed by atoms with Gasteiger partial charge >= 0.3 is 12.2 Å². The minimum Gasteiger partial charge on any atom is -0.324 e. The first kappa shape index (κ1) is 18.2. The lowest BCUT2D eigenvalue weighted by atomic mass is 9.86. The largest absolute Gasteiger partial charge is 0.416 e. The molecule has 3 rings (SSSR count). The molecule has 0 unspecified atom stereocenters. The Morgan fingerprint density at radius 2 is 1.54 bits per heavy atom. The van der Waals surface area contributed by atoms with E-state index in [-0.39, 0.29) is 31.6 Å². The fraction of sp³-hybridized carbons (Fsp3) is 0.316. The number of rotatable bonds is 2. The number of carbonyl (C=O) groups is 1. The lowest BCUT2D eigenvalue weighted by Crippen LogP contribution is -2.45. The number of benzene rings is 2. The molecule has 3 nitrogen and oxygen atoms in total. The molecule has 1 heterocycles. The number of amides is 2. The van der Waals surface area contributed by atoms with Crippen LogP contribution in [-0.2, 0) is 11.8 Å². The quantitative estimate of drug-likeness (QED) is 0.728. The van der Waals surface area contributed by atoms with Gasteiger partial charge in [0.05, 0.1) is 5.56 Å². The molecule has 1 fully saturated rings. The zero-order chi connectivity index (χ0) is 18.8. The van der Waals surface area contributed by atoms with Gasteiger partial charge in [0.2, 0.25) is 0 Å². The fourth-order valence-electron chi connectivity index (χ4n) is 3.03. The highest BCUT2D eigenvalue weighted by Gasteiger charge is 2.37. The number of carbonyl (C=O) groups excluding carboxylic acids is 1. The van der Waals surface area contributed by atoms with Crippen LogP contribution in [0.3, 0.4) is 0 Å². The SMILES string of the molecule is O=C(Nc1ccc(C(F)(F)F)cc1)N1CCC(F)(c2ccccc2)CC1. The van der Waals surface area contributed by atoms with Gasteiger partial charge in [-0.05, 0) is 29.8 Å². The van der Waals surface area contributed by atoms with Gasteiger partial charge in [-0.25, -0.2) is 9.18 Å². The molecule has 1 N–H and O–H groups in total. The molecule has 1 aliphatic heterocycles. The van der Waals surface area contributed by atoms with Crippen LogP contribution in [0.25, 0.3) is 0 Å². The Hall–Kier alpha value is -2.57. The van der Waals surface area contributed by atoms with Gasteiger partial charge in [0.15, 0.2) is 0 Å². The third-order valence-electron chi connectivity index (χ3n) is 4.60. The van der Waals surface area contributed by atoms with E-state index in [2.05, 4.69) is 5.32 Å². The molecule has 138 valence electrons. The van der Waals surface area contributed by atoms with E-state index in [4.69, 9.17) is 0 Å². The molecule has 1 saturated heterocycles. The van der Waals surface area contributed by atoms with Crippen LogP contribution in [0.5, 0.6) is 0 Å². The van der Waals surface area contributed by atoms with Crippen LogP contribution >= 0.6 is 0 Å². The smallest absolute Gasteiger partial charge is 0.324 e. The van der Waals surface area contributed by atoms with E-state index in [9.17, 15) is 18.0 Å². The molecule has 2 amide bonds. The van der Waals surface area contributed by atoms with Crippen molar-refractivity contribution >= 4 is 11.7 Å². The molecule has 7 heteroatoms. The second-order valence-electron chi connectivity index (χ2n) is 6.32. The molecule has 0 bridgehead atoms. The van der Waals surface area contributed by atoms with Crippen molar-refractivity contribution in [1.82, 2.24) is 4.90 Å². The van der Waals surface area contributed by atoms with Gasteiger partial charge in [-0.1, -0.05) is 30.3 Å². The van der Waals surface area contributed by atoms with Gasteiger partial charge in [0.1, 0.15) is 5.67 Å². The predicted molar refractivity (Wildman–Crippen MR) is 90.5 cm³/mol. The van der Waals surface area contributed by atoms with Crippen LogP contribution in [0.2, 0.25) is 0 Å². The molecule has 26 heavy (non-hydrogen) atoms. The summed E-state index contributed by atoms with van der Waals surface area (Å²) >= 11 is 0. The number of alkyl halides is 4. The van der Waals surface area contributed by atoms with E-state index in [1.54, 1.807) is 24.3 Å². The summed E-state index contributed by atoms with van der Waals surface area (Å²) in [7, 11) is 0. The molecular formula is C19H18F4N2O. The number of halogens is 4. The van der Waals surface area contributed by atoms with Crippen LogP contribution in [0.4, 0.5) is 28.0 Å². The van der Waals surface area contributed by atoms with E-state index < -0.39 is 23.4 Å². The number of hydrogen-bond acceptors (Lipinski definition) is 1. The van der Waals surface area contributed by atoms with Gasteiger partial charge in [0, 0.05) is 31.6 Å². The standard InChI is InChI=1S/C19H18F4N2O/c20-18(14-4-2-1-3-5-14)10-12-25(13-11-18)17(26)24-16-8-6-15(7-9-16)19(21,22)23/h1-9H,10-13H2,(H,24,26). The van der Waals surface area contributed by atoms with E-state index in [0.717, 1.165) is 12.1 Å². The highest BCUT2D eigenvalue weighted by atomic mass is 19.4. The molecular weight excluding hydrogens is 348 g/mol. The first-order valence-corrected chi connectivity index (χ1v) is 8.26. The summed E-state index contributed by atoms with van der Waals surface area (Å²) in [6.45, 7) is 0.468. The number of piperidine rings is 1. The maximum absolute atomic E-state index is 15.1. The molecule has 2 aromatic carbocycles. The van der Waals surface area contributed by atoms with Crippen LogP contribution in [-0.4, -0.2) is 24.0 Å². The monoisotopic (exact) mass is 366 g/mol. The van der Waals surface area contributed by atoms with Crippen LogP contribution in [0.1, 0.15) is 24.0 Å². The lowest BCUT2D eigenvalue weighted by Gasteiger charge is -2.36. The van der Waals surface area contributed by atoms with Crippen LogP contribution in [0.15, 0.2) is 54.6 Å². The first-order chi connectivity index (χ1) is 12.3. The van der Waals surface area contributed by atoms with E-state index in [0.29, 0.717) is 5.56 Å². The summed E-state index contributed by atoms with van der Waals surface area (Å²) in [6, 6.07) is 12.6. The summed E-state index contributed by atoms with van der Waals surface area (Å²) in [6.07, 6.45) is -4.06. The summed E-state index contributed by atoms with van der Waals surface area (Å²) in [5.74, 6) is 0. The van der Waals surface area contributed by atoms with Crippen molar-refractivity contribution in [3.8, 4) is 0 Å². The van der Waals surface area contributed by atoms with Crippen molar-refractivity contribution in [1.29, 1.82) is 0 Å². The number of anilines is 1. The maximum Gasteiger partial charge on any atom is 0.416 e. The second kappa shape index (κ2) is 6.97. The molecule has 1 aliphatic rings. The van der Waals surface area contributed by atoms with Crippen molar-refractivity contribution in [2.24, 2.45) is 0 Å². The molecule has 2 aromatic rings. The average molecular weight is 366 g/mol. The Bertz CT molecular complexity index is 751. The molecule has 0 spiro atoms. The van der Waals surface area contributed by atoms with Gasteiger partial charge in [-0.3, -0.25) is 0 Å². The number of urea groups is 1. The predicted octanol–water partition coefficient (Wildman–Crippen LogP) is 5.20. The molecule has 0 atom stereocenters. The number of likely N-dealkylation sites (tertiary alicyclic amines) is 1. The Kier molecular flexibility index (Phi) is 4.89. The lowest BCUT2D eigenvalue weighted by molar-refractivity contribution is -0.137. The summed E-state index contributed by atoms with van der Waals surface area (Å²) in [5, 5.41) is 2.55. The van der Waals surface area contributed by atoms with Gasteiger partial charge in [-0.15, -0.1) is 0 Å². The summed E-state index contributed by atoms with van der Waals surface area (Å²) in [5.41, 5.74) is -1.38. The fourth-order valence-corrected chi connectivity index (χ4v) is 3.03. The normalized spacial score (nSPS) is 17.0. The number of hydrogen-bond donors (Lipinski definition) is 1. The average Bonchev–Trinajstić information content (AvgIpc) is 2.63. The third kappa shape index (κ3) is 3.98. The van der Waals surface area contributed by atoms with E-state index in [1.165, 1.54) is 17.0 Å². The number of nitrogens with zero attached hydrogens (tertiary/aromatic N) is 1. The Morgan fingerprint density at radius 3 is 2.08 bits per heavy atom. The maximum atomic E-state index is 15.1. The van der Waals surface area contributed by atoms with E-state index in [1.807, 2.05) is 6.07 Å². The Balaban J connectivity index is 1.59. The number of nitrogens with one attached hydrogen (secondary N) is 1. The van der Waals surface area contributed by atoms with Crippen molar-refractivity contribution in [3.05, 3.63) is 65.7 Å². The molecule has 0 aromatic heterocycles. The molecule has 0 saturated carbocycles. The minimum atomic E-state index is -4.42. The van der Waals surface area contributed by atoms with Crippen molar-refractivity contribution in [2.45, 2.75) is 24.7 Å². The highest BCUT2D eigenvalue weighted by Crippen LogP contribution is 2.37. The zero-order valence-corrected chi connectivity index (χ0v) is 13.9. The molecule has 0 aliphatic carbocycles. The van der Waals surface area contributed by atoms with Gasteiger partial charge in [0.25, 0.3) is 0 Å². The van der Waals surface area contributed by atoms with E-state index >= 15 is 4.39 Å². The highest BCUT2D eigenvalue weighted by molar-refractivity contribution is 5.89. The topological polar surface area (TPSA) is 32.3 Å². The van der Waals surface area contributed by atoms with Crippen LogP contribution in [0, 0.1) is 0 Å². The minimum absolute atomic E-state index is 0.178. The van der Waals surface area contributed by atoms with Crippen molar-refractivity contribution in [3.63, 3.8) is 0 Å². The Labute approximate surface area is 148 Å². The molecule has 0 radical (unpaired) electrons. The second-order valence-corrected chi connectivity index (χ2v) is 6.32. The van der Waals surface area contributed by atoms with Crippen molar-refractivity contribution in [2.75, 3.05) is 18.4 Å². The zero-order valence-electron chi connectivity index (χ0n) is 13.9. The first-order valence-electron chi connectivity index (χ1n) is 8.26. The summed E-state index contributed by atoms with van der Waals surface area (Å²) < 4.78 is 52.7. The Morgan fingerprint density at radius 1 is 0.962 bits per heavy atom. The summed E-state index contributed by atoms with van der Waals surface area (Å²) in [4.78, 5) is 13.7. The van der Waals surface area contributed by atoms with Crippen LogP contribution < -0.4 is 5.32 Å². The van der Waals surface area contributed by atoms with Crippen molar-refractivity contribution < 1.29 is 22.4 Å². The third-order valence-corrected chi connectivity index (χ3v) is 4.60. The van der Waals surface area contributed by atoms with Gasteiger partial charge in [-0.2, -0.15) is 13.2 Å². The van der Waals surface area contributed by atoms with Gasteiger partial charge < -0.3 is 10.2 Å².